The van der Waals surface area contributed by atoms with Gasteiger partial charge in [0.05, 0.1) is 11.3 Å². The van der Waals surface area contributed by atoms with Gasteiger partial charge in [-0.15, -0.1) is 0 Å². The Morgan fingerprint density at radius 2 is 1.93 bits per heavy atom. The van der Waals surface area contributed by atoms with E-state index < -0.39 is 11.7 Å². The minimum absolute atomic E-state index is 0.0350. The molecular weight excluding hydrogens is 217 g/mol. The van der Waals surface area contributed by atoms with Crippen molar-refractivity contribution in [2.24, 2.45) is 5.84 Å². The minimum Gasteiger partial charge on any atom is -0.324 e. The highest BCUT2D eigenvalue weighted by atomic mass is 35.5. The number of rotatable bonds is 1. The second-order valence-electron chi connectivity index (χ2n) is 2.77. The third-order valence-electron chi connectivity index (χ3n) is 1.83. The summed E-state index contributed by atoms with van der Waals surface area (Å²) in [6.45, 7) is 1.58. The fraction of sp³-hybridized carbons (Fsp3) is 0.250. The van der Waals surface area contributed by atoms with E-state index in [9.17, 15) is 13.2 Å². The molecule has 0 atom stereocenters. The highest BCUT2D eigenvalue weighted by Crippen LogP contribution is 2.35. The molecular formula is C8H8ClF3N2. The third kappa shape index (κ3) is 2.10. The molecule has 0 aromatic heterocycles. The molecule has 3 N–H and O–H groups in total. The van der Waals surface area contributed by atoms with Crippen LogP contribution in [0.25, 0.3) is 0 Å². The molecule has 2 nitrogen and oxygen atoms in total. The van der Waals surface area contributed by atoms with Crippen LogP contribution < -0.4 is 11.3 Å². The van der Waals surface area contributed by atoms with Gasteiger partial charge in [0, 0.05) is 5.02 Å². The van der Waals surface area contributed by atoms with E-state index in [1.807, 2.05) is 0 Å². The van der Waals surface area contributed by atoms with Crippen molar-refractivity contribution in [2.75, 3.05) is 5.43 Å². The molecule has 0 fully saturated rings. The average molecular weight is 225 g/mol. The smallest absolute Gasteiger partial charge is 0.324 e. The second kappa shape index (κ2) is 3.67. The molecule has 1 aromatic rings. The summed E-state index contributed by atoms with van der Waals surface area (Å²) in [6.07, 6.45) is -4.41. The van der Waals surface area contributed by atoms with Gasteiger partial charge in [0.1, 0.15) is 0 Å². The number of nitrogens with one attached hydrogen (secondary N) is 1. The first-order chi connectivity index (χ1) is 6.36. The Morgan fingerprint density at radius 1 is 1.36 bits per heavy atom. The van der Waals surface area contributed by atoms with E-state index in [4.69, 9.17) is 17.4 Å². The summed E-state index contributed by atoms with van der Waals surface area (Å²) < 4.78 is 36.9. The first-order valence-electron chi connectivity index (χ1n) is 3.70. The molecule has 0 bridgehead atoms. The molecule has 0 saturated carbocycles. The summed E-state index contributed by atoms with van der Waals surface area (Å²) in [7, 11) is 0. The SMILES string of the molecule is Cc1c(Cl)cc(C(F)(F)F)cc1NN. The Labute approximate surface area is 83.8 Å². The number of benzene rings is 1. The maximum Gasteiger partial charge on any atom is 0.416 e. The van der Waals surface area contributed by atoms with Crippen LogP contribution in [-0.4, -0.2) is 0 Å². The molecule has 1 rings (SSSR count). The van der Waals surface area contributed by atoms with Crippen LogP contribution in [0, 0.1) is 6.92 Å². The van der Waals surface area contributed by atoms with Crippen LogP contribution in [0.5, 0.6) is 0 Å². The summed E-state index contributed by atoms with van der Waals surface area (Å²) in [5, 5.41) is 0.0350. The van der Waals surface area contributed by atoms with Crippen molar-refractivity contribution >= 4 is 17.3 Å². The summed E-state index contributed by atoms with van der Waals surface area (Å²) >= 11 is 5.61. The number of anilines is 1. The average Bonchev–Trinajstić information content (AvgIpc) is 2.07. The maximum absolute atomic E-state index is 12.3. The van der Waals surface area contributed by atoms with Gasteiger partial charge < -0.3 is 5.43 Å². The van der Waals surface area contributed by atoms with E-state index in [0.29, 0.717) is 5.56 Å². The van der Waals surface area contributed by atoms with Gasteiger partial charge in [-0.3, -0.25) is 5.84 Å². The molecule has 14 heavy (non-hydrogen) atoms. The molecule has 0 spiro atoms. The van der Waals surface area contributed by atoms with Crippen LogP contribution in [0.2, 0.25) is 5.02 Å². The van der Waals surface area contributed by atoms with Gasteiger partial charge in [-0.05, 0) is 24.6 Å². The molecule has 0 amide bonds. The molecule has 0 heterocycles. The van der Waals surface area contributed by atoms with Gasteiger partial charge in [-0.1, -0.05) is 11.6 Å². The van der Waals surface area contributed by atoms with Gasteiger partial charge in [-0.2, -0.15) is 13.2 Å². The zero-order valence-corrected chi connectivity index (χ0v) is 8.00. The first-order valence-corrected chi connectivity index (χ1v) is 4.08. The molecule has 0 radical (unpaired) electrons. The van der Waals surface area contributed by atoms with Gasteiger partial charge in [0.25, 0.3) is 0 Å². The highest BCUT2D eigenvalue weighted by molar-refractivity contribution is 6.31. The van der Waals surface area contributed by atoms with Crippen molar-refractivity contribution in [1.29, 1.82) is 0 Å². The van der Waals surface area contributed by atoms with E-state index in [1.54, 1.807) is 6.92 Å². The molecule has 0 aliphatic carbocycles. The molecule has 0 saturated heterocycles. The molecule has 1 aromatic carbocycles. The van der Waals surface area contributed by atoms with Crippen LogP contribution in [0.15, 0.2) is 12.1 Å². The Balaban J connectivity index is 3.30. The Bertz CT molecular complexity index is 349. The predicted octanol–water partition coefficient (Wildman–Crippen LogP) is 2.95. The molecule has 0 unspecified atom stereocenters. The number of halogens is 4. The molecule has 78 valence electrons. The van der Waals surface area contributed by atoms with Crippen LogP contribution in [0.1, 0.15) is 11.1 Å². The van der Waals surface area contributed by atoms with Gasteiger partial charge in [0.2, 0.25) is 0 Å². The van der Waals surface area contributed by atoms with Crippen molar-refractivity contribution in [3.63, 3.8) is 0 Å². The summed E-state index contributed by atoms with van der Waals surface area (Å²) in [5.41, 5.74) is 2.00. The number of hydrogen-bond donors (Lipinski definition) is 2. The van der Waals surface area contributed by atoms with Crippen molar-refractivity contribution in [3.05, 3.63) is 28.3 Å². The quantitative estimate of drug-likeness (QED) is 0.569. The lowest BCUT2D eigenvalue weighted by Gasteiger charge is -2.12. The molecule has 6 heteroatoms. The first kappa shape index (κ1) is 11.1. The number of hydrazine groups is 1. The van der Waals surface area contributed by atoms with Crippen molar-refractivity contribution in [2.45, 2.75) is 13.1 Å². The van der Waals surface area contributed by atoms with E-state index in [1.165, 1.54) is 0 Å². The van der Waals surface area contributed by atoms with E-state index >= 15 is 0 Å². The summed E-state index contributed by atoms with van der Waals surface area (Å²) in [4.78, 5) is 0. The molecule has 0 aliphatic rings. The van der Waals surface area contributed by atoms with Gasteiger partial charge in [-0.25, -0.2) is 0 Å². The van der Waals surface area contributed by atoms with Gasteiger partial charge >= 0.3 is 6.18 Å². The van der Waals surface area contributed by atoms with E-state index in [-0.39, 0.29) is 10.7 Å². The fourth-order valence-electron chi connectivity index (χ4n) is 0.992. The van der Waals surface area contributed by atoms with E-state index in [0.717, 1.165) is 12.1 Å². The number of nitrogens with two attached hydrogens (primary N) is 1. The standard InChI is InChI=1S/C8H8ClF3N2/c1-4-6(9)2-5(8(10,11)12)3-7(4)14-13/h2-3,14H,13H2,1H3. The summed E-state index contributed by atoms with van der Waals surface area (Å²) in [6, 6.07) is 1.79. The van der Waals surface area contributed by atoms with Crippen LogP contribution in [-0.2, 0) is 6.18 Å². The third-order valence-corrected chi connectivity index (χ3v) is 2.22. The maximum atomic E-state index is 12.3. The lowest BCUT2D eigenvalue weighted by atomic mass is 10.1. The second-order valence-corrected chi connectivity index (χ2v) is 3.18. The van der Waals surface area contributed by atoms with Crippen LogP contribution >= 0.6 is 11.6 Å². The molecule has 0 aliphatic heterocycles. The number of hydrogen-bond acceptors (Lipinski definition) is 2. The zero-order chi connectivity index (χ0) is 10.9. The van der Waals surface area contributed by atoms with Crippen molar-refractivity contribution in [3.8, 4) is 0 Å². The van der Waals surface area contributed by atoms with Crippen molar-refractivity contribution < 1.29 is 13.2 Å². The Hall–Kier alpha value is -0.940. The Kier molecular flexibility index (Phi) is 2.92. The monoisotopic (exact) mass is 224 g/mol. The zero-order valence-electron chi connectivity index (χ0n) is 7.24. The lowest BCUT2D eigenvalue weighted by molar-refractivity contribution is -0.137. The normalized spacial score (nSPS) is 11.6. The lowest BCUT2D eigenvalue weighted by Crippen LogP contribution is -2.11. The highest BCUT2D eigenvalue weighted by Gasteiger charge is 2.31. The largest absolute Gasteiger partial charge is 0.416 e. The summed E-state index contributed by atoms with van der Waals surface area (Å²) in [5.74, 6) is 5.06. The van der Waals surface area contributed by atoms with E-state index in [2.05, 4.69) is 5.43 Å². The van der Waals surface area contributed by atoms with Gasteiger partial charge in [0.15, 0.2) is 0 Å². The Morgan fingerprint density at radius 3 is 2.36 bits per heavy atom. The van der Waals surface area contributed by atoms with Crippen molar-refractivity contribution in [1.82, 2.24) is 0 Å². The topological polar surface area (TPSA) is 38.0 Å². The van der Waals surface area contributed by atoms with Crippen LogP contribution in [0.3, 0.4) is 0 Å². The number of nitrogen functional groups attached to an aromatic ring is 1. The minimum atomic E-state index is -4.41. The van der Waals surface area contributed by atoms with Crippen LogP contribution in [0.4, 0.5) is 18.9 Å². The number of alkyl halides is 3. The predicted molar refractivity (Wildman–Crippen MR) is 49.0 cm³/mol. The fourth-order valence-corrected chi connectivity index (χ4v) is 1.21.